The van der Waals surface area contributed by atoms with Gasteiger partial charge in [-0.15, -0.1) is 0 Å². The monoisotopic (exact) mass is 252 g/mol. The molecule has 17 heavy (non-hydrogen) atoms. The SMILES string of the molecule is CNC1CC(Oc2nc(Cl)cn3nccc23)C1. The highest BCUT2D eigenvalue weighted by molar-refractivity contribution is 6.29. The van der Waals surface area contributed by atoms with Crippen molar-refractivity contribution in [3.05, 3.63) is 23.6 Å². The van der Waals surface area contributed by atoms with E-state index in [0.717, 1.165) is 18.4 Å². The summed E-state index contributed by atoms with van der Waals surface area (Å²) >= 11 is 5.92. The Balaban J connectivity index is 1.83. The largest absolute Gasteiger partial charge is 0.473 e. The summed E-state index contributed by atoms with van der Waals surface area (Å²) in [5, 5.41) is 7.73. The summed E-state index contributed by atoms with van der Waals surface area (Å²) < 4.78 is 7.52. The minimum Gasteiger partial charge on any atom is -0.473 e. The van der Waals surface area contributed by atoms with Crippen LogP contribution in [0, 0.1) is 0 Å². The summed E-state index contributed by atoms with van der Waals surface area (Å²) in [5.74, 6) is 0.564. The van der Waals surface area contributed by atoms with Crippen molar-refractivity contribution in [2.24, 2.45) is 0 Å². The fourth-order valence-corrected chi connectivity index (χ4v) is 2.18. The van der Waals surface area contributed by atoms with E-state index in [-0.39, 0.29) is 6.10 Å². The van der Waals surface area contributed by atoms with Gasteiger partial charge in [0.25, 0.3) is 0 Å². The molecule has 0 amide bonds. The van der Waals surface area contributed by atoms with Crippen LogP contribution in [-0.4, -0.2) is 33.8 Å². The predicted octanol–water partition coefficient (Wildman–Crippen LogP) is 1.51. The molecule has 0 aromatic carbocycles. The van der Waals surface area contributed by atoms with Crippen LogP contribution >= 0.6 is 11.6 Å². The first-order chi connectivity index (χ1) is 8.26. The second kappa shape index (κ2) is 4.16. The van der Waals surface area contributed by atoms with Gasteiger partial charge in [-0.25, -0.2) is 4.52 Å². The van der Waals surface area contributed by atoms with E-state index < -0.39 is 0 Å². The molecule has 1 aliphatic rings. The molecular weight excluding hydrogens is 240 g/mol. The van der Waals surface area contributed by atoms with Gasteiger partial charge in [0.05, 0.1) is 12.4 Å². The third kappa shape index (κ3) is 1.96. The maximum Gasteiger partial charge on any atom is 0.241 e. The zero-order valence-electron chi connectivity index (χ0n) is 9.43. The van der Waals surface area contributed by atoms with E-state index in [9.17, 15) is 0 Å². The van der Waals surface area contributed by atoms with Gasteiger partial charge >= 0.3 is 0 Å². The number of hydrogen-bond donors (Lipinski definition) is 1. The number of fused-ring (bicyclic) bond motifs is 1. The Morgan fingerprint density at radius 3 is 3.12 bits per heavy atom. The molecule has 1 N–H and O–H groups in total. The second-order valence-electron chi connectivity index (χ2n) is 4.23. The summed E-state index contributed by atoms with van der Waals surface area (Å²) in [6.45, 7) is 0. The Labute approximate surface area is 104 Å². The molecule has 0 aliphatic heterocycles. The van der Waals surface area contributed by atoms with Crippen molar-refractivity contribution in [2.45, 2.75) is 25.0 Å². The van der Waals surface area contributed by atoms with Crippen LogP contribution in [0.4, 0.5) is 0 Å². The van der Waals surface area contributed by atoms with Crippen LogP contribution in [0.25, 0.3) is 5.52 Å². The topological polar surface area (TPSA) is 51.5 Å². The van der Waals surface area contributed by atoms with Gasteiger partial charge in [-0.3, -0.25) is 0 Å². The van der Waals surface area contributed by atoms with Gasteiger partial charge in [0.2, 0.25) is 5.88 Å². The van der Waals surface area contributed by atoms with Gasteiger partial charge in [-0.2, -0.15) is 10.1 Å². The average Bonchev–Trinajstić information content (AvgIpc) is 2.70. The van der Waals surface area contributed by atoms with Gasteiger partial charge in [-0.1, -0.05) is 11.6 Å². The molecule has 0 bridgehead atoms. The Hall–Kier alpha value is -1.33. The molecule has 0 atom stereocenters. The Kier molecular flexibility index (Phi) is 2.64. The van der Waals surface area contributed by atoms with Crippen molar-refractivity contribution < 1.29 is 4.74 Å². The molecule has 90 valence electrons. The normalized spacial score (nSPS) is 23.6. The maximum absolute atomic E-state index is 5.92. The minimum absolute atomic E-state index is 0.220. The lowest BCUT2D eigenvalue weighted by Gasteiger charge is -2.34. The Bertz CT molecular complexity index is 535. The standard InChI is InChI=1S/C11H13ClN4O/c1-13-7-4-8(5-7)17-11-9-2-3-14-16(9)6-10(12)15-11/h2-3,6-8,13H,4-5H2,1H3. The van der Waals surface area contributed by atoms with Crippen molar-refractivity contribution >= 4 is 17.1 Å². The fourth-order valence-electron chi connectivity index (χ4n) is 2.01. The molecule has 2 aromatic heterocycles. The first-order valence-corrected chi connectivity index (χ1v) is 5.98. The lowest BCUT2D eigenvalue weighted by molar-refractivity contribution is 0.0851. The van der Waals surface area contributed by atoms with Crippen LogP contribution in [-0.2, 0) is 0 Å². The number of nitrogens with one attached hydrogen (secondary N) is 1. The number of ether oxygens (including phenoxy) is 1. The Morgan fingerprint density at radius 2 is 2.35 bits per heavy atom. The molecule has 2 heterocycles. The molecule has 6 heteroatoms. The quantitative estimate of drug-likeness (QED) is 0.900. The van der Waals surface area contributed by atoms with Gasteiger partial charge in [-0.05, 0) is 26.0 Å². The maximum atomic E-state index is 5.92. The van der Waals surface area contributed by atoms with E-state index in [1.54, 1.807) is 16.9 Å². The van der Waals surface area contributed by atoms with Gasteiger partial charge in [0.1, 0.15) is 11.6 Å². The summed E-state index contributed by atoms with van der Waals surface area (Å²) in [6, 6.07) is 2.42. The summed E-state index contributed by atoms with van der Waals surface area (Å²) in [6.07, 6.45) is 5.60. The van der Waals surface area contributed by atoms with Crippen molar-refractivity contribution in [1.82, 2.24) is 19.9 Å². The highest BCUT2D eigenvalue weighted by Crippen LogP contribution is 2.28. The van der Waals surface area contributed by atoms with Crippen LogP contribution in [0.1, 0.15) is 12.8 Å². The molecule has 0 radical (unpaired) electrons. The summed E-state index contributed by atoms with van der Waals surface area (Å²) in [4.78, 5) is 4.21. The number of rotatable bonds is 3. The van der Waals surface area contributed by atoms with E-state index in [1.165, 1.54) is 0 Å². The first kappa shape index (κ1) is 10.8. The smallest absolute Gasteiger partial charge is 0.241 e. The third-order valence-corrected chi connectivity index (χ3v) is 3.29. The van der Waals surface area contributed by atoms with Crippen molar-refractivity contribution in [3.8, 4) is 5.88 Å². The number of halogens is 1. The average molecular weight is 253 g/mol. The van der Waals surface area contributed by atoms with E-state index >= 15 is 0 Å². The minimum atomic E-state index is 0.220. The predicted molar refractivity (Wildman–Crippen MR) is 64.5 cm³/mol. The highest BCUT2D eigenvalue weighted by atomic mass is 35.5. The van der Waals surface area contributed by atoms with Crippen LogP contribution < -0.4 is 10.1 Å². The van der Waals surface area contributed by atoms with Crippen molar-refractivity contribution in [2.75, 3.05) is 7.05 Å². The summed E-state index contributed by atoms with van der Waals surface area (Å²) in [5.41, 5.74) is 0.849. The zero-order chi connectivity index (χ0) is 11.8. The highest BCUT2D eigenvalue weighted by Gasteiger charge is 2.30. The Morgan fingerprint density at radius 1 is 1.53 bits per heavy atom. The van der Waals surface area contributed by atoms with Gasteiger partial charge in [0.15, 0.2) is 5.15 Å². The summed E-state index contributed by atoms with van der Waals surface area (Å²) in [7, 11) is 1.97. The number of nitrogens with zero attached hydrogens (tertiary/aromatic N) is 3. The van der Waals surface area contributed by atoms with Crippen LogP contribution in [0.2, 0.25) is 5.15 Å². The molecule has 1 fully saturated rings. The number of hydrogen-bond acceptors (Lipinski definition) is 4. The molecule has 2 aromatic rings. The molecule has 5 nitrogen and oxygen atoms in total. The first-order valence-electron chi connectivity index (χ1n) is 5.60. The molecule has 1 saturated carbocycles. The molecular formula is C11H13ClN4O. The van der Waals surface area contributed by atoms with E-state index in [0.29, 0.717) is 17.1 Å². The van der Waals surface area contributed by atoms with E-state index in [4.69, 9.17) is 16.3 Å². The van der Waals surface area contributed by atoms with Crippen molar-refractivity contribution in [3.63, 3.8) is 0 Å². The van der Waals surface area contributed by atoms with E-state index in [2.05, 4.69) is 15.4 Å². The van der Waals surface area contributed by atoms with Gasteiger partial charge < -0.3 is 10.1 Å². The van der Waals surface area contributed by atoms with Crippen LogP contribution in [0.3, 0.4) is 0 Å². The lowest BCUT2D eigenvalue weighted by Crippen LogP contribution is -2.45. The van der Waals surface area contributed by atoms with Crippen LogP contribution in [0.5, 0.6) is 5.88 Å². The zero-order valence-corrected chi connectivity index (χ0v) is 10.2. The molecule has 3 rings (SSSR count). The molecule has 0 unspecified atom stereocenters. The molecule has 0 spiro atoms. The second-order valence-corrected chi connectivity index (χ2v) is 4.61. The van der Waals surface area contributed by atoms with Gasteiger partial charge in [0, 0.05) is 6.04 Å². The van der Waals surface area contributed by atoms with E-state index in [1.807, 2.05) is 13.1 Å². The van der Waals surface area contributed by atoms with Crippen molar-refractivity contribution in [1.29, 1.82) is 0 Å². The fraction of sp³-hybridized carbons (Fsp3) is 0.455. The third-order valence-electron chi connectivity index (χ3n) is 3.11. The van der Waals surface area contributed by atoms with Crippen LogP contribution in [0.15, 0.2) is 18.5 Å². The molecule has 0 saturated heterocycles. The molecule has 1 aliphatic carbocycles. The number of aromatic nitrogens is 3. The lowest BCUT2D eigenvalue weighted by atomic mass is 9.89.